The number of carbonyl (C=O) groups excluding carboxylic acids is 1. The first-order chi connectivity index (χ1) is 7.81. The maximum atomic E-state index is 11.9. The van der Waals surface area contributed by atoms with E-state index >= 15 is 0 Å². The van der Waals surface area contributed by atoms with Gasteiger partial charge in [-0.05, 0) is 12.1 Å². The molecular formula is C10H9F3O4. The second kappa shape index (κ2) is 4.94. The van der Waals surface area contributed by atoms with E-state index in [1.165, 1.54) is 0 Å². The predicted octanol–water partition coefficient (Wildman–Crippen LogP) is 2.12. The Morgan fingerprint density at radius 3 is 2.53 bits per heavy atom. The Balaban J connectivity index is 2.86. The summed E-state index contributed by atoms with van der Waals surface area (Å²) in [5.74, 6) is -1.43. The lowest BCUT2D eigenvalue weighted by Gasteiger charge is -2.10. The van der Waals surface area contributed by atoms with Crippen molar-refractivity contribution in [3.63, 3.8) is 0 Å². The number of halogens is 3. The van der Waals surface area contributed by atoms with E-state index < -0.39 is 18.8 Å². The Labute approximate surface area is 94.6 Å². The lowest BCUT2D eigenvalue weighted by Crippen LogP contribution is -2.19. The monoisotopic (exact) mass is 250 g/mol. The molecule has 0 heterocycles. The summed E-state index contributed by atoms with van der Waals surface area (Å²) in [6, 6.07) is 3.09. The summed E-state index contributed by atoms with van der Waals surface area (Å²) in [4.78, 5) is 11.1. The second-order valence-electron chi connectivity index (χ2n) is 3.11. The number of hydrogen-bond acceptors (Lipinski definition) is 4. The minimum absolute atomic E-state index is 0.0929. The van der Waals surface area contributed by atoms with Gasteiger partial charge in [-0.15, -0.1) is 0 Å². The molecule has 0 saturated carbocycles. The van der Waals surface area contributed by atoms with Gasteiger partial charge in [-0.1, -0.05) is 0 Å². The molecule has 0 unspecified atom stereocenters. The first kappa shape index (κ1) is 13.1. The van der Waals surface area contributed by atoms with E-state index in [1.807, 2.05) is 0 Å². The first-order valence-electron chi connectivity index (χ1n) is 4.44. The van der Waals surface area contributed by atoms with Crippen LogP contribution in [0.25, 0.3) is 0 Å². The fourth-order valence-corrected chi connectivity index (χ4v) is 1.07. The minimum atomic E-state index is -4.49. The van der Waals surface area contributed by atoms with E-state index in [9.17, 15) is 23.1 Å². The summed E-state index contributed by atoms with van der Waals surface area (Å²) >= 11 is 0. The van der Waals surface area contributed by atoms with Gasteiger partial charge in [0.2, 0.25) is 0 Å². The smallest absolute Gasteiger partial charge is 0.422 e. The van der Waals surface area contributed by atoms with E-state index in [0.29, 0.717) is 0 Å². The van der Waals surface area contributed by atoms with Crippen molar-refractivity contribution in [2.24, 2.45) is 0 Å². The van der Waals surface area contributed by atoms with Crippen molar-refractivity contribution in [1.29, 1.82) is 0 Å². The molecular weight excluding hydrogens is 241 g/mol. The minimum Gasteiger partial charge on any atom is -0.508 e. The van der Waals surface area contributed by atoms with Crippen LogP contribution in [0.1, 0.15) is 10.4 Å². The molecule has 0 bridgehead atoms. The summed E-state index contributed by atoms with van der Waals surface area (Å²) in [5.41, 5.74) is -0.0929. The molecule has 0 aliphatic rings. The van der Waals surface area contributed by atoms with Crippen LogP contribution in [0.15, 0.2) is 18.2 Å². The number of ether oxygens (including phenoxy) is 2. The van der Waals surface area contributed by atoms with Gasteiger partial charge in [0.25, 0.3) is 0 Å². The molecule has 94 valence electrons. The molecule has 7 heteroatoms. The zero-order chi connectivity index (χ0) is 13.1. The number of benzene rings is 1. The number of aromatic hydroxyl groups is 1. The second-order valence-corrected chi connectivity index (χ2v) is 3.11. The lowest BCUT2D eigenvalue weighted by molar-refractivity contribution is -0.153. The standard InChI is InChI=1S/C10H9F3O4/c1-16-9(15)6-2-7(14)4-8(3-6)17-5-10(11,12)13/h2-4,14H,5H2,1H3. The Hall–Kier alpha value is -1.92. The van der Waals surface area contributed by atoms with Crippen molar-refractivity contribution in [3.05, 3.63) is 23.8 Å². The number of methoxy groups -OCH3 is 1. The third-order valence-corrected chi connectivity index (χ3v) is 1.71. The summed E-state index contributed by atoms with van der Waals surface area (Å²) in [6.45, 7) is -1.50. The van der Waals surface area contributed by atoms with Crippen molar-refractivity contribution in [2.45, 2.75) is 6.18 Å². The van der Waals surface area contributed by atoms with Gasteiger partial charge in [0.1, 0.15) is 11.5 Å². The summed E-state index contributed by atoms with van der Waals surface area (Å²) < 4.78 is 44.4. The lowest BCUT2D eigenvalue weighted by atomic mass is 10.2. The number of phenolic OH excluding ortho intramolecular Hbond substituents is 1. The van der Waals surface area contributed by atoms with E-state index in [-0.39, 0.29) is 17.1 Å². The molecule has 0 spiro atoms. The molecule has 0 radical (unpaired) electrons. The Kier molecular flexibility index (Phi) is 3.82. The van der Waals surface area contributed by atoms with Gasteiger partial charge in [0, 0.05) is 6.07 Å². The topological polar surface area (TPSA) is 55.8 Å². The normalized spacial score (nSPS) is 11.1. The molecule has 0 aliphatic heterocycles. The zero-order valence-corrected chi connectivity index (χ0v) is 8.75. The summed E-state index contributed by atoms with van der Waals surface area (Å²) in [5, 5.41) is 9.20. The maximum absolute atomic E-state index is 11.9. The van der Waals surface area contributed by atoms with Crippen LogP contribution in [0.3, 0.4) is 0 Å². The van der Waals surface area contributed by atoms with Crippen molar-refractivity contribution >= 4 is 5.97 Å². The molecule has 0 atom stereocenters. The number of esters is 1. The SMILES string of the molecule is COC(=O)c1cc(O)cc(OCC(F)(F)F)c1. The van der Waals surface area contributed by atoms with Gasteiger partial charge in [-0.2, -0.15) is 13.2 Å². The molecule has 1 rings (SSSR count). The van der Waals surface area contributed by atoms with E-state index in [0.717, 1.165) is 25.3 Å². The Morgan fingerprint density at radius 2 is 2.00 bits per heavy atom. The number of rotatable bonds is 3. The molecule has 4 nitrogen and oxygen atoms in total. The Morgan fingerprint density at radius 1 is 1.35 bits per heavy atom. The molecule has 0 aliphatic carbocycles. The average molecular weight is 250 g/mol. The largest absolute Gasteiger partial charge is 0.508 e. The molecule has 1 aromatic carbocycles. The van der Waals surface area contributed by atoms with Crippen LogP contribution in [-0.4, -0.2) is 31.0 Å². The number of hydrogen-bond donors (Lipinski definition) is 1. The third-order valence-electron chi connectivity index (χ3n) is 1.71. The van der Waals surface area contributed by atoms with Crippen molar-refractivity contribution in [1.82, 2.24) is 0 Å². The first-order valence-corrected chi connectivity index (χ1v) is 4.44. The quantitative estimate of drug-likeness (QED) is 0.835. The predicted molar refractivity (Wildman–Crippen MR) is 51.0 cm³/mol. The third kappa shape index (κ3) is 4.21. The molecule has 0 fully saturated rings. The van der Waals surface area contributed by atoms with Crippen LogP contribution >= 0.6 is 0 Å². The molecule has 1 aromatic rings. The van der Waals surface area contributed by atoms with Crippen molar-refractivity contribution in [3.8, 4) is 11.5 Å². The molecule has 1 N–H and O–H groups in total. The van der Waals surface area contributed by atoms with Gasteiger partial charge in [0.15, 0.2) is 6.61 Å². The number of carbonyl (C=O) groups is 1. The highest BCUT2D eigenvalue weighted by molar-refractivity contribution is 5.90. The highest BCUT2D eigenvalue weighted by atomic mass is 19.4. The van der Waals surface area contributed by atoms with Crippen molar-refractivity contribution < 1.29 is 32.5 Å². The van der Waals surface area contributed by atoms with Gasteiger partial charge in [0.05, 0.1) is 12.7 Å². The maximum Gasteiger partial charge on any atom is 0.422 e. The van der Waals surface area contributed by atoms with Crippen LogP contribution in [0, 0.1) is 0 Å². The highest BCUT2D eigenvalue weighted by Gasteiger charge is 2.28. The van der Waals surface area contributed by atoms with E-state index in [2.05, 4.69) is 9.47 Å². The van der Waals surface area contributed by atoms with Crippen LogP contribution in [0.4, 0.5) is 13.2 Å². The van der Waals surface area contributed by atoms with Gasteiger partial charge in [-0.3, -0.25) is 0 Å². The molecule has 0 saturated heterocycles. The summed E-state index contributed by atoms with van der Waals surface area (Å²) in [7, 11) is 1.11. The van der Waals surface area contributed by atoms with E-state index in [1.54, 1.807) is 0 Å². The zero-order valence-electron chi connectivity index (χ0n) is 8.75. The molecule has 17 heavy (non-hydrogen) atoms. The van der Waals surface area contributed by atoms with Crippen LogP contribution in [-0.2, 0) is 4.74 Å². The van der Waals surface area contributed by atoms with Crippen LogP contribution in [0.2, 0.25) is 0 Å². The molecule has 0 amide bonds. The number of phenols is 1. The van der Waals surface area contributed by atoms with Crippen LogP contribution in [0.5, 0.6) is 11.5 Å². The number of alkyl halides is 3. The fraction of sp³-hybridized carbons (Fsp3) is 0.300. The fourth-order valence-electron chi connectivity index (χ4n) is 1.07. The summed E-state index contributed by atoms with van der Waals surface area (Å²) in [6.07, 6.45) is -4.49. The highest BCUT2D eigenvalue weighted by Crippen LogP contribution is 2.24. The van der Waals surface area contributed by atoms with Gasteiger partial charge >= 0.3 is 12.1 Å². The van der Waals surface area contributed by atoms with Crippen molar-refractivity contribution in [2.75, 3.05) is 13.7 Å². The average Bonchev–Trinajstić information content (AvgIpc) is 2.23. The molecule has 0 aromatic heterocycles. The van der Waals surface area contributed by atoms with Gasteiger partial charge < -0.3 is 14.6 Å². The van der Waals surface area contributed by atoms with E-state index in [4.69, 9.17) is 0 Å². The Bertz CT molecular complexity index is 415. The van der Waals surface area contributed by atoms with Gasteiger partial charge in [-0.25, -0.2) is 4.79 Å². The van der Waals surface area contributed by atoms with Crippen LogP contribution < -0.4 is 4.74 Å².